The standard InChI is InChI=1S/C26H25FN2O2/c27-24-6-3-12-28-25(24)26(31)29-13-11-19(15-29)21-10-9-18(14-20(21)16-30)23-5-2-1-4-22(23)17-7-8-17/h1-6,9-10,12,14,17,19,30H,7-8,11,13,15-16H2. The molecule has 1 saturated heterocycles. The number of rotatable bonds is 5. The number of amides is 1. The highest BCUT2D eigenvalue weighted by molar-refractivity contribution is 5.92. The summed E-state index contributed by atoms with van der Waals surface area (Å²) in [7, 11) is 0. The van der Waals surface area contributed by atoms with Crippen molar-refractivity contribution in [1.82, 2.24) is 9.88 Å². The van der Waals surface area contributed by atoms with E-state index in [0.29, 0.717) is 19.0 Å². The molecule has 1 aromatic heterocycles. The lowest BCUT2D eigenvalue weighted by molar-refractivity contribution is 0.0780. The summed E-state index contributed by atoms with van der Waals surface area (Å²) >= 11 is 0. The molecule has 3 aromatic rings. The first-order chi connectivity index (χ1) is 15.2. The third-order valence-electron chi connectivity index (χ3n) is 6.48. The maximum atomic E-state index is 14.0. The number of benzene rings is 2. The Balaban J connectivity index is 1.39. The van der Waals surface area contributed by atoms with Gasteiger partial charge in [0.05, 0.1) is 6.61 Å². The van der Waals surface area contributed by atoms with Gasteiger partial charge in [-0.15, -0.1) is 0 Å². The van der Waals surface area contributed by atoms with Gasteiger partial charge in [-0.1, -0.05) is 36.4 Å². The number of hydrogen-bond donors (Lipinski definition) is 1. The summed E-state index contributed by atoms with van der Waals surface area (Å²) in [5, 5.41) is 10.1. The Hall–Kier alpha value is -3.05. The monoisotopic (exact) mass is 416 g/mol. The van der Waals surface area contributed by atoms with Crippen LogP contribution in [0.15, 0.2) is 60.8 Å². The van der Waals surface area contributed by atoms with Crippen LogP contribution in [0.2, 0.25) is 0 Å². The summed E-state index contributed by atoms with van der Waals surface area (Å²) in [6.45, 7) is 1.00. The number of aromatic nitrogens is 1. The fraction of sp³-hybridized carbons (Fsp3) is 0.308. The predicted octanol–water partition coefficient (Wildman–Crippen LogP) is 4.89. The number of carbonyl (C=O) groups is 1. The molecule has 2 aliphatic rings. The predicted molar refractivity (Wildman–Crippen MR) is 117 cm³/mol. The molecule has 5 heteroatoms. The van der Waals surface area contributed by atoms with Crippen molar-refractivity contribution < 1.29 is 14.3 Å². The van der Waals surface area contributed by atoms with Crippen LogP contribution >= 0.6 is 0 Å². The highest BCUT2D eigenvalue weighted by Crippen LogP contribution is 2.44. The van der Waals surface area contributed by atoms with Crippen molar-refractivity contribution in [1.29, 1.82) is 0 Å². The number of carbonyl (C=O) groups excluding carboxylic acids is 1. The molecule has 0 bridgehead atoms. The molecule has 1 amide bonds. The first-order valence-electron chi connectivity index (χ1n) is 10.9. The second kappa shape index (κ2) is 8.23. The van der Waals surface area contributed by atoms with Crippen molar-refractivity contribution >= 4 is 5.91 Å². The third kappa shape index (κ3) is 3.86. The van der Waals surface area contributed by atoms with Crippen LogP contribution in [0.25, 0.3) is 11.1 Å². The summed E-state index contributed by atoms with van der Waals surface area (Å²) in [5.41, 5.74) is 5.57. The van der Waals surface area contributed by atoms with Gasteiger partial charge in [0.15, 0.2) is 11.5 Å². The Kier molecular flexibility index (Phi) is 5.28. The van der Waals surface area contributed by atoms with Gasteiger partial charge in [-0.05, 0) is 71.2 Å². The van der Waals surface area contributed by atoms with E-state index in [1.165, 1.54) is 42.3 Å². The molecule has 1 unspecified atom stereocenters. The zero-order chi connectivity index (χ0) is 21.4. The number of pyridine rings is 1. The average molecular weight is 416 g/mol. The summed E-state index contributed by atoms with van der Waals surface area (Å²) < 4.78 is 14.0. The number of aliphatic hydroxyl groups excluding tert-OH is 1. The van der Waals surface area contributed by atoms with Gasteiger partial charge in [0, 0.05) is 25.2 Å². The van der Waals surface area contributed by atoms with Gasteiger partial charge < -0.3 is 10.0 Å². The van der Waals surface area contributed by atoms with Gasteiger partial charge in [0.1, 0.15) is 0 Å². The highest BCUT2D eigenvalue weighted by Gasteiger charge is 2.31. The van der Waals surface area contributed by atoms with Crippen LogP contribution in [-0.4, -0.2) is 34.0 Å². The van der Waals surface area contributed by atoms with Crippen LogP contribution in [0.1, 0.15) is 58.3 Å². The van der Waals surface area contributed by atoms with Crippen LogP contribution < -0.4 is 0 Å². The van der Waals surface area contributed by atoms with Crippen molar-refractivity contribution in [3.8, 4) is 11.1 Å². The number of aliphatic hydroxyl groups is 1. The Morgan fingerprint density at radius 1 is 1.03 bits per heavy atom. The van der Waals surface area contributed by atoms with Crippen LogP contribution in [0.4, 0.5) is 4.39 Å². The molecule has 1 atom stereocenters. The van der Waals surface area contributed by atoms with Gasteiger partial charge in [0.25, 0.3) is 5.91 Å². The summed E-state index contributed by atoms with van der Waals surface area (Å²) in [6, 6.07) is 17.5. The summed E-state index contributed by atoms with van der Waals surface area (Å²) in [6.07, 6.45) is 4.70. The van der Waals surface area contributed by atoms with Crippen molar-refractivity contribution in [2.75, 3.05) is 13.1 Å². The number of nitrogens with zero attached hydrogens (tertiary/aromatic N) is 2. The van der Waals surface area contributed by atoms with Gasteiger partial charge in [-0.3, -0.25) is 4.79 Å². The topological polar surface area (TPSA) is 53.4 Å². The second-order valence-electron chi connectivity index (χ2n) is 8.50. The van der Waals surface area contributed by atoms with E-state index in [1.807, 2.05) is 0 Å². The van der Waals surface area contributed by atoms with Crippen molar-refractivity contribution in [2.24, 2.45) is 0 Å². The highest BCUT2D eigenvalue weighted by atomic mass is 19.1. The first kappa shape index (κ1) is 19.9. The normalized spacial score (nSPS) is 18.4. The fourth-order valence-electron chi connectivity index (χ4n) is 4.71. The van der Waals surface area contributed by atoms with E-state index in [9.17, 15) is 14.3 Å². The van der Waals surface area contributed by atoms with E-state index in [4.69, 9.17) is 0 Å². The van der Waals surface area contributed by atoms with Gasteiger partial charge in [0.2, 0.25) is 0 Å². The lowest BCUT2D eigenvalue weighted by Gasteiger charge is -2.19. The molecule has 2 heterocycles. The minimum Gasteiger partial charge on any atom is -0.392 e. The Labute approximate surface area is 181 Å². The fourth-order valence-corrected chi connectivity index (χ4v) is 4.71. The molecule has 158 valence electrons. The third-order valence-corrected chi connectivity index (χ3v) is 6.48. The molecule has 1 aliphatic carbocycles. The summed E-state index contributed by atoms with van der Waals surface area (Å²) in [4.78, 5) is 18.3. The largest absolute Gasteiger partial charge is 0.392 e. The van der Waals surface area contributed by atoms with E-state index in [1.54, 1.807) is 4.90 Å². The lowest BCUT2D eigenvalue weighted by Crippen LogP contribution is -2.30. The molecule has 1 N–H and O–H groups in total. The smallest absolute Gasteiger partial charge is 0.275 e. The maximum absolute atomic E-state index is 14.0. The van der Waals surface area contributed by atoms with Crippen LogP contribution in [0.3, 0.4) is 0 Å². The molecule has 0 radical (unpaired) electrons. The van der Waals surface area contributed by atoms with E-state index < -0.39 is 5.82 Å². The van der Waals surface area contributed by atoms with Crippen molar-refractivity contribution in [2.45, 2.75) is 37.7 Å². The first-order valence-corrected chi connectivity index (χ1v) is 10.9. The molecule has 4 nitrogen and oxygen atoms in total. The molecule has 1 saturated carbocycles. The molecular weight excluding hydrogens is 391 g/mol. The minimum atomic E-state index is -0.592. The van der Waals surface area contributed by atoms with E-state index in [2.05, 4.69) is 47.4 Å². The van der Waals surface area contributed by atoms with E-state index >= 15 is 0 Å². The molecule has 0 spiro atoms. The zero-order valence-corrected chi connectivity index (χ0v) is 17.3. The van der Waals surface area contributed by atoms with Gasteiger partial charge in [-0.25, -0.2) is 9.37 Å². The van der Waals surface area contributed by atoms with E-state index in [-0.39, 0.29) is 24.1 Å². The molecule has 1 aliphatic heterocycles. The van der Waals surface area contributed by atoms with Crippen LogP contribution in [-0.2, 0) is 6.61 Å². The minimum absolute atomic E-state index is 0.0475. The molecular formula is C26H25FN2O2. The quantitative estimate of drug-likeness (QED) is 0.645. The number of hydrogen-bond acceptors (Lipinski definition) is 3. The molecule has 2 fully saturated rings. The van der Waals surface area contributed by atoms with Gasteiger partial charge in [-0.2, -0.15) is 0 Å². The SMILES string of the molecule is O=C(c1ncccc1F)N1CCC(c2ccc(-c3ccccc3C3CC3)cc2CO)C1. The lowest BCUT2D eigenvalue weighted by atomic mass is 9.89. The van der Waals surface area contributed by atoms with E-state index in [0.717, 1.165) is 23.1 Å². The van der Waals surface area contributed by atoms with Crippen LogP contribution in [0.5, 0.6) is 0 Å². The average Bonchev–Trinajstić information content (AvgIpc) is 3.55. The molecule has 5 rings (SSSR count). The van der Waals surface area contributed by atoms with Gasteiger partial charge >= 0.3 is 0 Å². The Morgan fingerprint density at radius 2 is 1.87 bits per heavy atom. The van der Waals surface area contributed by atoms with Crippen molar-refractivity contribution in [3.05, 3.63) is 89.0 Å². The number of likely N-dealkylation sites (tertiary alicyclic amines) is 1. The zero-order valence-electron chi connectivity index (χ0n) is 17.3. The summed E-state index contributed by atoms with van der Waals surface area (Å²) in [5.74, 6) is -0.202. The molecule has 2 aromatic carbocycles. The second-order valence-corrected chi connectivity index (χ2v) is 8.50. The Bertz CT molecular complexity index is 1130. The molecule has 31 heavy (non-hydrogen) atoms. The Morgan fingerprint density at radius 3 is 2.65 bits per heavy atom. The number of halogens is 1. The maximum Gasteiger partial charge on any atom is 0.275 e. The van der Waals surface area contributed by atoms with Crippen molar-refractivity contribution in [3.63, 3.8) is 0 Å². The van der Waals surface area contributed by atoms with Crippen LogP contribution in [0, 0.1) is 5.82 Å².